The molecule has 2 N–H and O–H groups in total. The number of nitrogen functional groups attached to an aromatic ring is 1. The average Bonchev–Trinajstić information content (AvgIpc) is 2.37. The van der Waals surface area contributed by atoms with E-state index >= 15 is 0 Å². The van der Waals surface area contributed by atoms with Crippen LogP contribution in [0.5, 0.6) is 0 Å². The first-order chi connectivity index (χ1) is 9.28. The molecule has 1 aliphatic rings. The maximum absolute atomic E-state index is 12.1. The predicted octanol–water partition coefficient (Wildman–Crippen LogP) is 4.70. The van der Waals surface area contributed by atoms with Crippen molar-refractivity contribution in [2.75, 3.05) is 5.73 Å². The summed E-state index contributed by atoms with van der Waals surface area (Å²) in [6.07, 6.45) is 3.90. The van der Waals surface area contributed by atoms with Crippen LogP contribution in [0.4, 0.5) is 5.69 Å². The summed E-state index contributed by atoms with van der Waals surface area (Å²) in [4.78, 5) is 12.1. The lowest BCUT2D eigenvalue weighted by Crippen LogP contribution is -2.28. The highest BCUT2D eigenvalue weighted by molar-refractivity contribution is 6.43. The summed E-state index contributed by atoms with van der Waals surface area (Å²) < 4.78 is 5.52. The molecule has 1 aliphatic carbocycles. The number of hydrogen-bond donors (Lipinski definition) is 1. The number of rotatable bonds is 2. The van der Waals surface area contributed by atoms with Crippen molar-refractivity contribution in [1.29, 1.82) is 0 Å². The fourth-order valence-electron chi connectivity index (χ4n) is 2.44. The molecular weight excluding hydrogens is 297 g/mol. The van der Waals surface area contributed by atoms with Gasteiger partial charge in [-0.15, -0.1) is 0 Å². The minimum absolute atomic E-state index is 0.0220. The summed E-state index contributed by atoms with van der Waals surface area (Å²) >= 11 is 11.8. The molecule has 0 amide bonds. The van der Waals surface area contributed by atoms with E-state index in [0.29, 0.717) is 11.0 Å². The highest BCUT2D eigenvalue weighted by Crippen LogP contribution is 2.36. The van der Waals surface area contributed by atoms with E-state index < -0.39 is 0 Å². The number of carbonyl (C=O) groups is 1. The molecular formula is C15H19Cl2NO2. The third-order valence-corrected chi connectivity index (χ3v) is 4.67. The molecule has 0 unspecified atom stereocenters. The summed E-state index contributed by atoms with van der Waals surface area (Å²) in [6.45, 7) is 4.48. The molecule has 0 radical (unpaired) electrons. The zero-order valence-electron chi connectivity index (χ0n) is 11.7. The molecule has 1 fully saturated rings. The Bertz CT molecular complexity index is 496. The molecule has 0 aromatic heterocycles. The van der Waals surface area contributed by atoms with Crippen molar-refractivity contribution in [1.82, 2.24) is 0 Å². The summed E-state index contributed by atoms with van der Waals surface area (Å²) in [5.74, 6) is -0.389. The lowest BCUT2D eigenvalue weighted by atomic mass is 9.76. The third kappa shape index (κ3) is 3.58. The van der Waals surface area contributed by atoms with Crippen LogP contribution >= 0.6 is 23.2 Å². The van der Waals surface area contributed by atoms with Crippen molar-refractivity contribution in [3.8, 4) is 0 Å². The van der Waals surface area contributed by atoms with Gasteiger partial charge >= 0.3 is 5.97 Å². The summed E-state index contributed by atoms with van der Waals surface area (Å²) in [6, 6.07) is 3.00. The van der Waals surface area contributed by atoms with Crippen molar-refractivity contribution < 1.29 is 9.53 Å². The monoisotopic (exact) mass is 315 g/mol. The smallest absolute Gasteiger partial charge is 0.338 e. The molecule has 0 atom stereocenters. The standard InChI is InChI=1S/C15H19Cl2NO2/c1-15(2)5-3-10(4-6-15)20-14(19)9-7-11(16)13(17)12(18)8-9/h7-8,10H,3-6,18H2,1-2H3. The summed E-state index contributed by atoms with van der Waals surface area (Å²) in [5.41, 5.74) is 6.68. The average molecular weight is 316 g/mol. The van der Waals surface area contributed by atoms with Crippen molar-refractivity contribution in [3.63, 3.8) is 0 Å². The van der Waals surface area contributed by atoms with Crippen LogP contribution in [0.1, 0.15) is 49.9 Å². The summed E-state index contributed by atoms with van der Waals surface area (Å²) in [5, 5.41) is 0.533. The van der Waals surface area contributed by atoms with Gasteiger partial charge in [-0.1, -0.05) is 37.0 Å². The quantitative estimate of drug-likeness (QED) is 0.635. The van der Waals surface area contributed by atoms with E-state index in [0.717, 1.165) is 25.7 Å². The van der Waals surface area contributed by atoms with Gasteiger partial charge in [0.1, 0.15) is 6.10 Å². The van der Waals surface area contributed by atoms with Crippen molar-refractivity contribution >= 4 is 34.9 Å². The Balaban J connectivity index is 2.02. The van der Waals surface area contributed by atoms with Gasteiger partial charge < -0.3 is 10.5 Å². The first-order valence-corrected chi connectivity index (χ1v) is 7.49. The number of ether oxygens (including phenoxy) is 1. The molecule has 0 heterocycles. The number of nitrogens with two attached hydrogens (primary N) is 1. The number of hydrogen-bond acceptors (Lipinski definition) is 3. The number of benzene rings is 1. The van der Waals surface area contributed by atoms with Crippen LogP contribution in [0.3, 0.4) is 0 Å². The van der Waals surface area contributed by atoms with Gasteiger partial charge in [-0.05, 0) is 43.2 Å². The topological polar surface area (TPSA) is 52.3 Å². The Morgan fingerprint density at radius 2 is 1.90 bits per heavy atom. The number of halogens is 2. The van der Waals surface area contributed by atoms with Gasteiger partial charge in [0.15, 0.2) is 0 Å². The van der Waals surface area contributed by atoms with Crippen LogP contribution in [-0.2, 0) is 4.74 Å². The zero-order chi connectivity index (χ0) is 14.9. The molecule has 3 nitrogen and oxygen atoms in total. The number of esters is 1. The van der Waals surface area contributed by atoms with E-state index in [1.54, 1.807) is 0 Å². The van der Waals surface area contributed by atoms with E-state index in [1.165, 1.54) is 12.1 Å². The Morgan fingerprint density at radius 1 is 1.30 bits per heavy atom. The van der Waals surface area contributed by atoms with E-state index in [-0.39, 0.29) is 27.8 Å². The van der Waals surface area contributed by atoms with Gasteiger partial charge in [0.05, 0.1) is 21.3 Å². The van der Waals surface area contributed by atoms with Crippen molar-refractivity contribution in [3.05, 3.63) is 27.7 Å². The van der Waals surface area contributed by atoms with Crippen LogP contribution in [0.2, 0.25) is 10.0 Å². The Hall–Kier alpha value is -0.930. The van der Waals surface area contributed by atoms with E-state index in [1.807, 2.05) is 0 Å². The molecule has 2 rings (SSSR count). The third-order valence-electron chi connectivity index (χ3n) is 3.85. The second kappa shape index (κ2) is 5.82. The number of carbonyl (C=O) groups excluding carboxylic acids is 1. The lowest BCUT2D eigenvalue weighted by Gasteiger charge is -2.33. The molecule has 0 saturated heterocycles. The molecule has 20 heavy (non-hydrogen) atoms. The molecule has 0 spiro atoms. The van der Waals surface area contributed by atoms with Crippen LogP contribution in [0, 0.1) is 5.41 Å². The minimum Gasteiger partial charge on any atom is -0.459 e. The van der Waals surface area contributed by atoms with E-state index in [4.69, 9.17) is 33.7 Å². The van der Waals surface area contributed by atoms with Gasteiger partial charge in [-0.25, -0.2) is 4.79 Å². The Morgan fingerprint density at radius 3 is 2.45 bits per heavy atom. The Labute approximate surface area is 129 Å². The fraction of sp³-hybridized carbons (Fsp3) is 0.533. The predicted molar refractivity (Wildman–Crippen MR) is 82.3 cm³/mol. The normalized spacial score (nSPS) is 18.8. The van der Waals surface area contributed by atoms with Gasteiger partial charge in [-0.2, -0.15) is 0 Å². The lowest BCUT2D eigenvalue weighted by molar-refractivity contribution is 0.00952. The highest BCUT2D eigenvalue weighted by Gasteiger charge is 2.29. The van der Waals surface area contributed by atoms with Crippen molar-refractivity contribution in [2.45, 2.75) is 45.6 Å². The summed E-state index contributed by atoms with van der Waals surface area (Å²) in [7, 11) is 0. The maximum atomic E-state index is 12.1. The minimum atomic E-state index is -0.389. The highest BCUT2D eigenvalue weighted by atomic mass is 35.5. The molecule has 1 aromatic carbocycles. The second-order valence-corrected chi connectivity index (χ2v) is 6.92. The van der Waals surface area contributed by atoms with Gasteiger partial charge in [0.25, 0.3) is 0 Å². The molecule has 1 aromatic rings. The van der Waals surface area contributed by atoms with E-state index in [2.05, 4.69) is 13.8 Å². The SMILES string of the molecule is CC1(C)CCC(OC(=O)c2cc(N)c(Cl)c(Cl)c2)CC1. The number of anilines is 1. The van der Waals surface area contributed by atoms with Gasteiger partial charge in [-0.3, -0.25) is 0 Å². The molecule has 0 aliphatic heterocycles. The van der Waals surface area contributed by atoms with Crippen LogP contribution in [-0.4, -0.2) is 12.1 Å². The first kappa shape index (κ1) is 15.5. The van der Waals surface area contributed by atoms with Crippen LogP contribution < -0.4 is 5.73 Å². The van der Waals surface area contributed by atoms with Gasteiger partial charge in [0.2, 0.25) is 0 Å². The van der Waals surface area contributed by atoms with Crippen LogP contribution in [0.25, 0.3) is 0 Å². The zero-order valence-corrected chi connectivity index (χ0v) is 13.2. The van der Waals surface area contributed by atoms with E-state index in [9.17, 15) is 4.79 Å². The Kier molecular flexibility index (Phi) is 4.50. The maximum Gasteiger partial charge on any atom is 0.338 e. The van der Waals surface area contributed by atoms with Gasteiger partial charge in [0, 0.05) is 0 Å². The molecule has 0 bridgehead atoms. The molecule has 5 heteroatoms. The second-order valence-electron chi connectivity index (χ2n) is 6.13. The first-order valence-electron chi connectivity index (χ1n) is 6.74. The van der Waals surface area contributed by atoms with Crippen LogP contribution in [0.15, 0.2) is 12.1 Å². The largest absolute Gasteiger partial charge is 0.459 e. The molecule has 1 saturated carbocycles. The molecule has 110 valence electrons. The fourth-order valence-corrected chi connectivity index (χ4v) is 2.77. The van der Waals surface area contributed by atoms with Crippen molar-refractivity contribution in [2.24, 2.45) is 5.41 Å².